The van der Waals surface area contributed by atoms with Crippen molar-refractivity contribution >= 4 is 15.7 Å². The molecule has 7 heteroatoms. The number of nitrogens with zero attached hydrogens (tertiary/aromatic N) is 2. The molecule has 1 unspecified atom stereocenters. The largest absolute Gasteiger partial charge is 0.383 e. The van der Waals surface area contributed by atoms with Crippen LogP contribution in [0.15, 0.2) is 77.7 Å². The lowest BCUT2D eigenvalue weighted by molar-refractivity contribution is 0.205. The van der Waals surface area contributed by atoms with E-state index in [9.17, 15) is 13.7 Å². The minimum Gasteiger partial charge on any atom is -0.383 e. The predicted octanol–water partition coefficient (Wildman–Crippen LogP) is 5.56. The van der Waals surface area contributed by atoms with Crippen molar-refractivity contribution in [2.45, 2.75) is 44.0 Å². The van der Waals surface area contributed by atoms with Gasteiger partial charge in [-0.2, -0.15) is 5.26 Å². The maximum atomic E-state index is 13.1. The highest BCUT2D eigenvalue weighted by Gasteiger charge is 2.25. The maximum Gasteiger partial charge on any atom is 0.241 e. The number of hydrogen-bond acceptors (Lipinski definition) is 5. The summed E-state index contributed by atoms with van der Waals surface area (Å²) < 4.78 is 34.2. The summed E-state index contributed by atoms with van der Waals surface area (Å²) in [5.74, 6) is 0.197. The van der Waals surface area contributed by atoms with Crippen molar-refractivity contribution in [1.82, 2.24) is 4.72 Å². The van der Waals surface area contributed by atoms with E-state index in [0.29, 0.717) is 24.3 Å². The van der Waals surface area contributed by atoms with Crippen molar-refractivity contribution < 1.29 is 13.2 Å². The lowest BCUT2D eigenvalue weighted by Crippen LogP contribution is -2.40. The molecule has 0 aliphatic heterocycles. The number of rotatable bonds is 10. The SMILES string of the molecule is COCCN(CC(C)c1ccc(-c2ccccc2S(=O)(=O)NC(C)(C)C)cc1)c1cccc(C#N)c1. The third-order valence-corrected chi connectivity index (χ3v) is 7.62. The Hall–Kier alpha value is -3.18. The molecule has 0 amide bonds. The summed E-state index contributed by atoms with van der Waals surface area (Å²) in [6.45, 7) is 9.68. The van der Waals surface area contributed by atoms with Gasteiger partial charge in [0, 0.05) is 37.0 Å². The van der Waals surface area contributed by atoms with Gasteiger partial charge in [0.1, 0.15) is 0 Å². The monoisotopic (exact) mass is 505 g/mol. The third kappa shape index (κ3) is 7.17. The predicted molar refractivity (Wildman–Crippen MR) is 146 cm³/mol. The van der Waals surface area contributed by atoms with Crippen LogP contribution in [0.25, 0.3) is 11.1 Å². The topological polar surface area (TPSA) is 82.4 Å². The molecule has 0 bridgehead atoms. The lowest BCUT2D eigenvalue weighted by atomic mass is 9.96. The number of nitrogens with one attached hydrogen (secondary N) is 1. The van der Waals surface area contributed by atoms with Crippen molar-refractivity contribution in [3.63, 3.8) is 0 Å². The van der Waals surface area contributed by atoms with Crippen LogP contribution >= 0.6 is 0 Å². The van der Waals surface area contributed by atoms with E-state index in [0.717, 1.165) is 23.4 Å². The zero-order chi connectivity index (χ0) is 26.3. The summed E-state index contributed by atoms with van der Waals surface area (Å²) in [5, 5.41) is 9.29. The number of methoxy groups -OCH3 is 1. The first-order valence-corrected chi connectivity index (χ1v) is 13.5. The molecule has 6 nitrogen and oxygen atoms in total. The highest BCUT2D eigenvalue weighted by Crippen LogP contribution is 2.30. The Morgan fingerprint density at radius 1 is 1.03 bits per heavy atom. The Bertz CT molecular complexity index is 1310. The Kier molecular flexibility index (Phi) is 8.91. The third-order valence-electron chi connectivity index (χ3n) is 5.81. The fourth-order valence-corrected chi connectivity index (χ4v) is 5.77. The number of sulfonamides is 1. The van der Waals surface area contributed by atoms with Gasteiger partial charge in [-0.15, -0.1) is 0 Å². The average Bonchev–Trinajstić information content (AvgIpc) is 2.85. The highest BCUT2D eigenvalue weighted by molar-refractivity contribution is 7.89. The molecule has 0 heterocycles. The van der Waals surface area contributed by atoms with E-state index in [1.165, 1.54) is 0 Å². The van der Waals surface area contributed by atoms with Crippen LogP contribution < -0.4 is 9.62 Å². The van der Waals surface area contributed by atoms with E-state index in [4.69, 9.17) is 4.74 Å². The summed E-state index contributed by atoms with van der Waals surface area (Å²) in [5.41, 5.74) is 3.70. The molecule has 3 rings (SSSR count). The molecular weight excluding hydrogens is 470 g/mol. The van der Waals surface area contributed by atoms with Gasteiger partial charge in [-0.25, -0.2) is 13.1 Å². The van der Waals surface area contributed by atoms with Gasteiger partial charge < -0.3 is 9.64 Å². The second kappa shape index (κ2) is 11.7. The fourth-order valence-electron chi connectivity index (χ4n) is 4.12. The van der Waals surface area contributed by atoms with Crippen LogP contribution in [-0.2, 0) is 14.8 Å². The van der Waals surface area contributed by atoms with Crippen LogP contribution in [0.1, 0.15) is 44.7 Å². The minimum atomic E-state index is -3.68. The molecule has 0 spiro atoms. The normalized spacial score (nSPS) is 12.7. The van der Waals surface area contributed by atoms with Crippen molar-refractivity contribution in [1.29, 1.82) is 5.26 Å². The molecule has 0 aromatic heterocycles. The summed E-state index contributed by atoms with van der Waals surface area (Å²) in [7, 11) is -1.99. The van der Waals surface area contributed by atoms with Crippen LogP contribution in [0.2, 0.25) is 0 Å². The second-order valence-corrected chi connectivity index (χ2v) is 11.6. The molecule has 3 aromatic carbocycles. The Labute approximate surface area is 215 Å². The Balaban J connectivity index is 1.85. The van der Waals surface area contributed by atoms with Gasteiger partial charge >= 0.3 is 0 Å². The zero-order valence-corrected chi connectivity index (χ0v) is 22.5. The van der Waals surface area contributed by atoms with Gasteiger partial charge in [0.15, 0.2) is 0 Å². The standard InChI is InChI=1S/C29H35N3O3S/c1-22(21-32(17-18-35-5)26-10-8-9-23(19-26)20-30)24-13-15-25(16-14-24)27-11-6-7-12-28(27)36(33,34)31-29(2,3)4/h6-16,19,22,31H,17-18,21H2,1-5H3. The van der Waals surface area contributed by atoms with E-state index >= 15 is 0 Å². The van der Waals surface area contributed by atoms with Crippen LogP contribution in [0.4, 0.5) is 5.69 Å². The molecule has 3 aromatic rings. The van der Waals surface area contributed by atoms with Gasteiger partial charge in [0.2, 0.25) is 10.0 Å². The molecule has 0 aliphatic rings. The van der Waals surface area contributed by atoms with Gasteiger partial charge in [0.05, 0.1) is 23.1 Å². The smallest absolute Gasteiger partial charge is 0.241 e. The maximum absolute atomic E-state index is 13.1. The summed E-state index contributed by atoms with van der Waals surface area (Å²) >= 11 is 0. The van der Waals surface area contributed by atoms with Crippen molar-refractivity contribution in [3.8, 4) is 17.2 Å². The van der Waals surface area contributed by atoms with Crippen molar-refractivity contribution in [2.24, 2.45) is 0 Å². The molecule has 0 fully saturated rings. The molecule has 36 heavy (non-hydrogen) atoms. The summed E-state index contributed by atoms with van der Waals surface area (Å²) in [4.78, 5) is 2.49. The molecule has 1 N–H and O–H groups in total. The summed E-state index contributed by atoms with van der Waals surface area (Å²) in [6.07, 6.45) is 0. The van der Waals surface area contributed by atoms with E-state index in [1.807, 2.05) is 63.2 Å². The highest BCUT2D eigenvalue weighted by atomic mass is 32.2. The van der Waals surface area contributed by atoms with Gasteiger partial charge in [-0.1, -0.05) is 55.5 Å². The first kappa shape index (κ1) is 27.4. The second-order valence-electron chi connectivity index (χ2n) is 9.98. The summed E-state index contributed by atoms with van der Waals surface area (Å²) in [6, 6.07) is 25.0. The molecule has 190 valence electrons. The number of hydrogen-bond donors (Lipinski definition) is 1. The molecule has 1 atom stereocenters. The number of benzene rings is 3. The van der Waals surface area contributed by atoms with E-state index in [1.54, 1.807) is 25.3 Å². The zero-order valence-electron chi connectivity index (χ0n) is 21.7. The van der Waals surface area contributed by atoms with Crippen molar-refractivity contribution in [2.75, 3.05) is 31.7 Å². The van der Waals surface area contributed by atoms with Crippen LogP contribution in [0.3, 0.4) is 0 Å². The minimum absolute atomic E-state index is 0.197. The number of ether oxygens (including phenoxy) is 1. The molecule has 0 saturated heterocycles. The number of anilines is 1. The van der Waals surface area contributed by atoms with Crippen LogP contribution in [0, 0.1) is 11.3 Å². The fraction of sp³-hybridized carbons (Fsp3) is 0.345. The van der Waals surface area contributed by atoms with Gasteiger partial charge in [-0.05, 0) is 62.1 Å². The molecule has 0 radical (unpaired) electrons. The van der Waals surface area contributed by atoms with Gasteiger partial charge in [-0.3, -0.25) is 0 Å². The average molecular weight is 506 g/mol. The van der Waals surface area contributed by atoms with E-state index in [-0.39, 0.29) is 10.8 Å². The van der Waals surface area contributed by atoms with Crippen molar-refractivity contribution in [3.05, 3.63) is 83.9 Å². The quantitative estimate of drug-likeness (QED) is 0.390. The lowest BCUT2D eigenvalue weighted by Gasteiger charge is -2.28. The molecule has 0 saturated carbocycles. The van der Waals surface area contributed by atoms with E-state index in [2.05, 4.69) is 34.7 Å². The Morgan fingerprint density at radius 3 is 2.36 bits per heavy atom. The van der Waals surface area contributed by atoms with Gasteiger partial charge in [0.25, 0.3) is 0 Å². The van der Waals surface area contributed by atoms with Crippen LogP contribution in [-0.4, -0.2) is 40.8 Å². The number of nitriles is 1. The molecule has 0 aliphatic carbocycles. The van der Waals surface area contributed by atoms with Crippen LogP contribution in [0.5, 0.6) is 0 Å². The molecular formula is C29H35N3O3S. The Morgan fingerprint density at radius 2 is 1.72 bits per heavy atom. The first-order valence-electron chi connectivity index (χ1n) is 12.0. The van der Waals surface area contributed by atoms with E-state index < -0.39 is 15.6 Å². The first-order chi connectivity index (χ1) is 17.0.